The molecule has 20 heavy (non-hydrogen) atoms. The smallest absolute Gasteiger partial charge is 0.213 e. The summed E-state index contributed by atoms with van der Waals surface area (Å²) in [5, 5.41) is 3.42. The summed E-state index contributed by atoms with van der Waals surface area (Å²) in [4.78, 5) is 4.35. The van der Waals surface area contributed by atoms with Gasteiger partial charge in [-0.2, -0.15) is 0 Å². The van der Waals surface area contributed by atoms with Crippen molar-refractivity contribution < 1.29 is 4.74 Å². The Bertz CT molecular complexity index is 419. The van der Waals surface area contributed by atoms with Gasteiger partial charge in [0.15, 0.2) is 0 Å². The molecule has 1 aromatic heterocycles. The first-order valence-corrected chi connectivity index (χ1v) is 7.80. The Morgan fingerprint density at radius 2 is 2.05 bits per heavy atom. The number of hydrogen-bond acceptors (Lipinski definition) is 3. The van der Waals surface area contributed by atoms with Crippen LogP contribution < -0.4 is 10.1 Å². The second-order valence-corrected chi connectivity index (χ2v) is 7.02. The molecule has 3 heteroatoms. The third-order valence-corrected chi connectivity index (χ3v) is 4.09. The van der Waals surface area contributed by atoms with E-state index in [1.54, 1.807) is 0 Å². The Balaban J connectivity index is 1.88. The van der Waals surface area contributed by atoms with E-state index >= 15 is 0 Å². The van der Waals surface area contributed by atoms with Crippen molar-refractivity contribution in [2.75, 3.05) is 0 Å². The van der Waals surface area contributed by atoms with Crippen LogP contribution in [0.1, 0.15) is 58.9 Å². The van der Waals surface area contributed by atoms with E-state index in [1.165, 1.54) is 18.4 Å². The molecule has 1 aliphatic rings. The monoisotopic (exact) mass is 276 g/mol. The van der Waals surface area contributed by atoms with E-state index in [2.05, 4.69) is 44.1 Å². The first kappa shape index (κ1) is 15.3. The van der Waals surface area contributed by atoms with Gasteiger partial charge in [0.1, 0.15) is 6.10 Å². The molecule has 3 nitrogen and oxygen atoms in total. The van der Waals surface area contributed by atoms with Gasteiger partial charge in [-0.25, -0.2) is 4.98 Å². The summed E-state index contributed by atoms with van der Waals surface area (Å²) >= 11 is 0. The molecule has 1 aromatic rings. The maximum absolute atomic E-state index is 6.06. The van der Waals surface area contributed by atoms with Crippen molar-refractivity contribution in [1.29, 1.82) is 0 Å². The van der Waals surface area contributed by atoms with Gasteiger partial charge in [-0.05, 0) is 42.7 Å². The van der Waals surface area contributed by atoms with E-state index in [4.69, 9.17) is 4.74 Å². The third-order valence-electron chi connectivity index (χ3n) is 4.09. The molecule has 1 fully saturated rings. The molecule has 1 saturated carbocycles. The lowest BCUT2D eigenvalue weighted by Gasteiger charge is -2.34. The van der Waals surface area contributed by atoms with Gasteiger partial charge in [0.25, 0.3) is 0 Å². The second-order valence-electron chi connectivity index (χ2n) is 7.02. The Morgan fingerprint density at radius 3 is 2.70 bits per heavy atom. The van der Waals surface area contributed by atoms with Crippen LogP contribution in [-0.4, -0.2) is 17.1 Å². The van der Waals surface area contributed by atoms with Crippen molar-refractivity contribution in [2.45, 2.75) is 72.1 Å². The second kappa shape index (κ2) is 6.57. The van der Waals surface area contributed by atoms with Crippen LogP contribution in [0.5, 0.6) is 5.88 Å². The fourth-order valence-corrected chi connectivity index (χ4v) is 2.61. The van der Waals surface area contributed by atoms with Crippen LogP contribution in [0.2, 0.25) is 0 Å². The van der Waals surface area contributed by atoms with E-state index in [-0.39, 0.29) is 0 Å². The van der Waals surface area contributed by atoms with Gasteiger partial charge in [0.2, 0.25) is 5.88 Å². The molecular weight excluding hydrogens is 248 g/mol. The van der Waals surface area contributed by atoms with Gasteiger partial charge in [-0.3, -0.25) is 0 Å². The summed E-state index contributed by atoms with van der Waals surface area (Å²) < 4.78 is 6.06. The number of aromatic nitrogens is 1. The topological polar surface area (TPSA) is 34.2 Å². The molecule has 0 amide bonds. The molecule has 112 valence electrons. The number of rotatable bonds is 5. The molecule has 1 heterocycles. The van der Waals surface area contributed by atoms with Crippen molar-refractivity contribution in [1.82, 2.24) is 10.3 Å². The molecule has 0 radical (unpaired) electrons. The van der Waals surface area contributed by atoms with Gasteiger partial charge in [-0.15, -0.1) is 0 Å². The summed E-state index contributed by atoms with van der Waals surface area (Å²) in [5.41, 5.74) is 1.72. The third kappa shape index (κ3) is 4.78. The lowest BCUT2D eigenvalue weighted by Crippen LogP contribution is -2.28. The normalized spacial score (nSPS) is 19.2. The van der Waals surface area contributed by atoms with Gasteiger partial charge < -0.3 is 10.1 Å². The Kier molecular flexibility index (Phi) is 5.03. The minimum Gasteiger partial charge on any atom is -0.474 e. The zero-order chi connectivity index (χ0) is 14.6. The van der Waals surface area contributed by atoms with Crippen molar-refractivity contribution in [3.8, 4) is 5.88 Å². The molecule has 0 spiro atoms. The van der Waals surface area contributed by atoms with Crippen LogP contribution in [0.15, 0.2) is 18.3 Å². The highest BCUT2D eigenvalue weighted by Crippen LogP contribution is 2.36. The van der Waals surface area contributed by atoms with Crippen molar-refractivity contribution in [3.63, 3.8) is 0 Å². The minimum absolute atomic E-state index is 0.337. The van der Waals surface area contributed by atoms with E-state index in [0.29, 0.717) is 17.6 Å². The van der Waals surface area contributed by atoms with Crippen molar-refractivity contribution >= 4 is 0 Å². The highest BCUT2D eigenvalue weighted by atomic mass is 16.5. The molecule has 0 aliphatic heterocycles. The fourth-order valence-electron chi connectivity index (χ4n) is 2.61. The average Bonchev–Trinajstić information content (AvgIpc) is 2.39. The number of hydrogen-bond donors (Lipinski definition) is 1. The Labute approximate surface area is 123 Å². The number of nitrogens with one attached hydrogen (secondary N) is 1. The molecule has 2 rings (SSSR count). The molecule has 1 N–H and O–H groups in total. The van der Waals surface area contributed by atoms with Gasteiger partial charge in [0, 0.05) is 24.8 Å². The maximum atomic E-state index is 6.06. The van der Waals surface area contributed by atoms with Gasteiger partial charge >= 0.3 is 0 Å². The summed E-state index contributed by atoms with van der Waals surface area (Å²) in [7, 11) is 0. The lowest BCUT2D eigenvalue weighted by molar-refractivity contribution is 0.0948. The van der Waals surface area contributed by atoms with Crippen LogP contribution in [0.25, 0.3) is 0 Å². The van der Waals surface area contributed by atoms with Crippen molar-refractivity contribution in [3.05, 3.63) is 23.9 Å². The predicted molar refractivity (Wildman–Crippen MR) is 82.9 cm³/mol. The SMILES string of the molecule is CC(C)NCc1ccnc(OC2CCC(C)(C)CC2)c1. The van der Waals surface area contributed by atoms with Crippen LogP contribution >= 0.6 is 0 Å². The quantitative estimate of drug-likeness (QED) is 0.885. The van der Waals surface area contributed by atoms with E-state index in [0.717, 1.165) is 25.3 Å². The van der Waals surface area contributed by atoms with E-state index in [1.807, 2.05) is 12.3 Å². The van der Waals surface area contributed by atoms with E-state index in [9.17, 15) is 0 Å². The van der Waals surface area contributed by atoms with Gasteiger partial charge in [-0.1, -0.05) is 27.7 Å². The zero-order valence-electron chi connectivity index (χ0n) is 13.3. The minimum atomic E-state index is 0.337. The molecule has 1 aliphatic carbocycles. The summed E-state index contributed by atoms with van der Waals surface area (Å²) in [6.07, 6.45) is 6.95. The largest absolute Gasteiger partial charge is 0.474 e. The van der Waals surface area contributed by atoms with Crippen LogP contribution in [0, 0.1) is 5.41 Å². The Hall–Kier alpha value is -1.09. The fraction of sp³-hybridized carbons (Fsp3) is 0.706. The molecule has 0 bridgehead atoms. The first-order valence-electron chi connectivity index (χ1n) is 7.80. The first-order chi connectivity index (χ1) is 9.44. The van der Waals surface area contributed by atoms with Crippen LogP contribution in [-0.2, 0) is 6.54 Å². The summed E-state index contributed by atoms with van der Waals surface area (Å²) in [5.74, 6) is 0.776. The molecule has 0 unspecified atom stereocenters. The number of ether oxygens (including phenoxy) is 1. The number of pyridine rings is 1. The van der Waals surface area contributed by atoms with E-state index < -0.39 is 0 Å². The molecular formula is C17H28N2O. The maximum Gasteiger partial charge on any atom is 0.213 e. The zero-order valence-corrected chi connectivity index (χ0v) is 13.3. The van der Waals surface area contributed by atoms with Crippen LogP contribution in [0.4, 0.5) is 0 Å². The standard InChI is InChI=1S/C17H28N2O/c1-13(2)19-12-14-7-10-18-16(11-14)20-15-5-8-17(3,4)9-6-15/h7,10-11,13,15,19H,5-6,8-9,12H2,1-4H3. The Morgan fingerprint density at radius 1 is 1.35 bits per heavy atom. The predicted octanol–water partition coefficient (Wildman–Crippen LogP) is 3.93. The summed E-state index contributed by atoms with van der Waals surface area (Å²) in [6.45, 7) is 9.87. The molecule has 0 atom stereocenters. The van der Waals surface area contributed by atoms with Gasteiger partial charge in [0.05, 0.1) is 0 Å². The average molecular weight is 276 g/mol. The lowest BCUT2D eigenvalue weighted by atomic mass is 9.76. The number of nitrogens with zero attached hydrogens (tertiary/aromatic N) is 1. The highest BCUT2D eigenvalue weighted by molar-refractivity contribution is 5.20. The molecule has 0 saturated heterocycles. The van der Waals surface area contributed by atoms with Crippen LogP contribution in [0.3, 0.4) is 0 Å². The summed E-state index contributed by atoms with van der Waals surface area (Å²) in [6, 6.07) is 4.61. The highest BCUT2D eigenvalue weighted by Gasteiger charge is 2.27. The van der Waals surface area contributed by atoms with Crippen molar-refractivity contribution in [2.24, 2.45) is 5.41 Å². The molecule has 0 aromatic carbocycles.